The summed E-state index contributed by atoms with van der Waals surface area (Å²) in [5, 5.41) is 22.2. The number of aromatic carboxylic acids is 1. The first-order valence-corrected chi connectivity index (χ1v) is 6.14. The first kappa shape index (κ1) is 13.8. The van der Waals surface area contributed by atoms with Gasteiger partial charge in [-0.05, 0) is 5.21 Å². The van der Waals surface area contributed by atoms with Crippen LogP contribution in [0.25, 0.3) is 10.8 Å². The SMILES string of the molecule is O=C(O)c1c(Nc2ccnnn2)c(F)c(F)c2ccccc12. The van der Waals surface area contributed by atoms with Crippen LogP contribution in [0.3, 0.4) is 0 Å². The number of carboxylic acid groups (broad SMARTS) is 1. The molecule has 1 aromatic heterocycles. The van der Waals surface area contributed by atoms with Gasteiger partial charge in [0, 0.05) is 16.8 Å². The molecule has 2 aromatic carbocycles. The largest absolute Gasteiger partial charge is 0.478 e. The fourth-order valence-electron chi connectivity index (χ4n) is 2.14. The second kappa shape index (κ2) is 5.32. The Hall–Kier alpha value is -3.16. The van der Waals surface area contributed by atoms with Crippen molar-refractivity contribution in [2.75, 3.05) is 5.32 Å². The average Bonchev–Trinajstić information content (AvgIpc) is 2.53. The normalized spacial score (nSPS) is 10.6. The number of carboxylic acids is 1. The number of benzene rings is 2. The Morgan fingerprint density at radius 1 is 1.09 bits per heavy atom. The maximum atomic E-state index is 14.3. The number of aromatic nitrogens is 3. The van der Waals surface area contributed by atoms with Crippen LogP contribution < -0.4 is 5.32 Å². The Bertz CT molecular complexity index is 872. The number of nitrogens with one attached hydrogen (secondary N) is 1. The number of rotatable bonds is 3. The van der Waals surface area contributed by atoms with Crippen LogP contribution in [-0.2, 0) is 0 Å². The number of nitrogens with zero attached hydrogens (tertiary/aromatic N) is 3. The molecule has 0 unspecified atom stereocenters. The van der Waals surface area contributed by atoms with Crippen molar-refractivity contribution < 1.29 is 18.7 Å². The minimum atomic E-state index is -1.39. The molecule has 110 valence electrons. The lowest BCUT2D eigenvalue weighted by Gasteiger charge is -2.13. The van der Waals surface area contributed by atoms with Gasteiger partial charge < -0.3 is 10.4 Å². The standard InChI is InChI=1S/C14H8F2N4O2/c15-11-8-4-2-1-3-7(8)10(14(21)22)13(12(11)16)18-9-5-6-17-20-19-9/h1-6H,(H,21,22)(H,17,18,19). The topological polar surface area (TPSA) is 88.0 Å². The lowest BCUT2D eigenvalue weighted by Crippen LogP contribution is -2.09. The summed E-state index contributed by atoms with van der Waals surface area (Å²) in [7, 11) is 0. The molecule has 0 saturated heterocycles. The van der Waals surface area contributed by atoms with Gasteiger partial charge in [-0.25, -0.2) is 13.6 Å². The van der Waals surface area contributed by atoms with Crippen LogP contribution in [0, 0.1) is 11.6 Å². The molecule has 3 aromatic rings. The molecule has 0 spiro atoms. The van der Waals surface area contributed by atoms with E-state index in [-0.39, 0.29) is 22.2 Å². The van der Waals surface area contributed by atoms with Crippen LogP contribution in [0.2, 0.25) is 0 Å². The van der Waals surface area contributed by atoms with Gasteiger partial charge in [0.25, 0.3) is 0 Å². The highest BCUT2D eigenvalue weighted by Crippen LogP contribution is 2.33. The van der Waals surface area contributed by atoms with Crippen LogP contribution in [-0.4, -0.2) is 26.5 Å². The van der Waals surface area contributed by atoms with E-state index in [1.165, 1.54) is 30.5 Å². The molecule has 0 bridgehead atoms. The minimum Gasteiger partial charge on any atom is -0.478 e. The molecule has 3 rings (SSSR count). The molecular weight excluding hydrogens is 294 g/mol. The zero-order valence-corrected chi connectivity index (χ0v) is 10.9. The summed E-state index contributed by atoms with van der Waals surface area (Å²) in [6.07, 6.45) is 1.28. The van der Waals surface area contributed by atoms with E-state index in [1.54, 1.807) is 6.07 Å². The molecule has 6 nitrogen and oxygen atoms in total. The average molecular weight is 302 g/mol. The summed E-state index contributed by atoms with van der Waals surface area (Å²) in [6.45, 7) is 0. The summed E-state index contributed by atoms with van der Waals surface area (Å²) < 4.78 is 28.4. The van der Waals surface area contributed by atoms with E-state index in [0.29, 0.717) is 0 Å². The first-order valence-electron chi connectivity index (χ1n) is 6.14. The maximum absolute atomic E-state index is 14.3. The van der Waals surface area contributed by atoms with Gasteiger partial charge in [0.2, 0.25) is 0 Å². The quantitative estimate of drug-likeness (QED) is 0.773. The van der Waals surface area contributed by atoms with Gasteiger partial charge in [0.15, 0.2) is 17.5 Å². The van der Waals surface area contributed by atoms with Crippen LogP contribution in [0.5, 0.6) is 0 Å². The number of halogens is 2. The van der Waals surface area contributed by atoms with Crippen molar-refractivity contribution in [2.45, 2.75) is 0 Å². The molecule has 8 heteroatoms. The molecule has 0 amide bonds. The molecule has 0 radical (unpaired) electrons. The molecule has 0 aliphatic heterocycles. The Kier molecular flexibility index (Phi) is 3.34. The van der Waals surface area contributed by atoms with Gasteiger partial charge in [0.05, 0.1) is 17.4 Å². The van der Waals surface area contributed by atoms with Gasteiger partial charge in [-0.3, -0.25) is 0 Å². The molecular formula is C14H8F2N4O2. The van der Waals surface area contributed by atoms with Crippen molar-refractivity contribution in [2.24, 2.45) is 0 Å². The van der Waals surface area contributed by atoms with Gasteiger partial charge in [-0.2, -0.15) is 0 Å². The van der Waals surface area contributed by atoms with E-state index in [2.05, 4.69) is 20.7 Å². The summed E-state index contributed by atoms with van der Waals surface area (Å²) in [4.78, 5) is 11.5. The molecule has 0 aliphatic carbocycles. The Morgan fingerprint density at radius 2 is 1.82 bits per heavy atom. The third kappa shape index (κ3) is 2.20. The summed E-state index contributed by atoms with van der Waals surface area (Å²) >= 11 is 0. The Balaban J connectivity index is 2.30. The molecule has 0 saturated carbocycles. The summed E-state index contributed by atoms with van der Waals surface area (Å²) in [6, 6.07) is 7.12. The summed E-state index contributed by atoms with van der Waals surface area (Å²) in [5.41, 5.74) is -0.891. The zero-order valence-electron chi connectivity index (χ0n) is 10.9. The van der Waals surface area contributed by atoms with Crippen molar-refractivity contribution in [3.8, 4) is 0 Å². The molecule has 2 N–H and O–H groups in total. The van der Waals surface area contributed by atoms with Crippen molar-refractivity contribution >= 4 is 28.2 Å². The van der Waals surface area contributed by atoms with E-state index in [0.717, 1.165) is 0 Å². The second-order valence-corrected chi connectivity index (χ2v) is 4.36. The molecule has 22 heavy (non-hydrogen) atoms. The number of hydrogen-bond donors (Lipinski definition) is 2. The third-order valence-electron chi connectivity index (χ3n) is 3.07. The predicted octanol–water partition coefficient (Wildman–Crippen LogP) is 2.74. The predicted molar refractivity (Wildman–Crippen MR) is 73.9 cm³/mol. The highest BCUT2D eigenvalue weighted by molar-refractivity contribution is 6.09. The van der Waals surface area contributed by atoms with Crippen LogP contribution >= 0.6 is 0 Å². The minimum absolute atomic E-state index is 0.0473. The first-order chi connectivity index (χ1) is 10.6. The van der Waals surface area contributed by atoms with Crippen molar-refractivity contribution in [3.05, 3.63) is 53.7 Å². The van der Waals surface area contributed by atoms with Crippen LogP contribution in [0.4, 0.5) is 20.3 Å². The fraction of sp³-hybridized carbons (Fsp3) is 0. The molecule has 0 fully saturated rings. The van der Waals surface area contributed by atoms with E-state index in [1.807, 2.05) is 0 Å². The number of hydrogen-bond acceptors (Lipinski definition) is 5. The van der Waals surface area contributed by atoms with E-state index in [4.69, 9.17) is 0 Å². The van der Waals surface area contributed by atoms with Crippen molar-refractivity contribution in [1.29, 1.82) is 0 Å². The number of anilines is 2. The van der Waals surface area contributed by atoms with E-state index >= 15 is 0 Å². The number of fused-ring (bicyclic) bond motifs is 1. The maximum Gasteiger partial charge on any atom is 0.338 e. The smallest absolute Gasteiger partial charge is 0.338 e. The monoisotopic (exact) mass is 302 g/mol. The highest BCUT2D eigenvalue weighted by Gasteiger charge is 2.24. The molecule has 0 aliphatic rings. The zero-order chi connectivity index (χ0) is 15.7. The van der Waals surface area contributed by atoms with Crippen molar-refractivity contribution in [1.82, 2.24) is 15.4 Å². The Labute approximate surface area is 122 Å². The second-order valence-electron chi connectivity index (χ2n) is 4.36. The van der Waals surface area contributed by atoms with Crippen molar-refractivity contribution in [3.63, 3.8) is 0 Å². The van der Waals surface area contributed by atoms with Crippen LogP contribution in [0.15, 0.2) is 36.5 Å². The van der Waals surface area contributed by atoms with Gasteiger partial charge in [0.1, 0.15) is 0 Å². The van der Waals surface area contributed by atoms with Gasteiger partial charge in [-0.15, -0.1) is 10.2 Å². The van der Waals surface area contributed by atoms with Gasteiger partial charge >= 0.3 is 5.97 Å². The van der Waals surface area contributed by atoms with Gasteiger partial charge in [-0.1, -0.05) is 24.3 Å². The van der Waals surface area contributed by atoms with E-state index < -0.39 is 23.3 Å². The lowest BCUT2D eigenvalue weighted by molar-refractivity contribution is 0.0699. The molecule has 0 atom stereocenters. The molecule has 1 heterocycles. The summed E-state index contributed by atoms with van der Waals surface area (Å²) in [5.74, 6) is -3.77. The Morgan fingerprint density at radius 3 is 2.45 bits per heavy atom. The lowest BCUT2D eigenvalue weighted by atomic mass is 10.0. The fourth-order valence-corrected chi connectivity index (χ4v) is 2.14. The van der Waals surface area contributed by atoms with E-state index in [9.17, 15) is 18.7 Å². The van der Waals surface area contributed by atoms with Crippen LogP contribution in [0.1, 0.15) is 10.4 Å². The third-order valence-corrected chi connectivity index (χ3v) is 3.07. The highest BCUT2D eigenvalue weighted by atomic mass is 19.2. The number of carbonyl (C=O) groups is 1.